The Hall–Kier alpha value is -2.11. The summed E-state index contributed by atoms with van der Waals surface area (Å²) in [5.41, 5.74) is 2.95. The molecule has 120 valence electrons. The molecule has 0 saturated heterocycles. The molecule has 0 unspecified atom stereocenters. The van der Waals surface area contributed by atoms with Crippen molar-refractivity contribution in [3.8, 4) is 0 Å². The van der Waals surface area contributed by atoms with E-state index < -0.39 is 13.1 Å². The van der Waals surface area contributed by atoms with Crippen molar-refractivity contribution in [1.82, 2.24) is 0 Å². The second-order valence-electron chi connectivity index (χ2n) is 6.52. The summed E-state index contributed by atoms with van der Waals surface area (Å²) in [5, 5.41) is 18.0. The van der Waals surface area contributed by atoms with Crippen LogP contribution in [0.5, 0.6) is 0 Å². The van der Waals surface area contributed by atoms with Crippen LogP contribution in [-0.4, -0.2) is 23.1 Å². The average molecular weight is 312 g/mol. The summed E-state index contributed by atoms with van der Waals surface area (Å²) in [4.78, 5) is 12.0. The van der Waals surface area contributed by atoms with Crippen molar-refractivity contribution in [3.05, 3.63) is 65.2 Å². The first kappa shape index (κ1) is 17.3. The van der Waals surface area contributed by atoms with Gasteiger partial charge < -0.3 is 14.8 Å². The first-order chi connectivity index (χ1) is 10.8. The molecule has 0 aliphatic heterocycles. The smallest absolute Gasteiger partial charge is 0.457 e. The van der Waals surface area contributed by atoms with E-state index in [-0.39, 0.29) is 12.0 Å². The zero-order chi connectivity index (χ0) is 17.0. The molecule has 0 aliphatic rings. The molecular formula is C18H21BO4. The zero-order valence-corrected chi connectivity index (χ0v) is 13.6. The number of hydrogen-bond acceptors (Lipinski definition) is 4. The fourth-order valence-electron chi connectivity index (χ4n) is 2.12. The minimum absolute atomic E-state index is 0.0915. The molecule has 23 heavy (non-hydrogen) atoms. The highest BCUT2D eigenvalue weighted by Gasteiger charge is 2.14. The molecule has 2 aromatic rings. The molecule has 0 radical (unpaired) electrons. The van der Waals surface area contributed by atoms with Crippen LogP contribution in [-0.2, 0) is 16.8 Å². The lowest BCUT2D eigenvalue weighted by Gasteiger charge is -2.19. The van der Waals surface area contributed by atoms with Gasteiger partial charge in [0, 0.05) is 0 Å². The summed E-state index contributed by atoms with van der Waals surface area (Å²) in [6, 6.07) is 14.0. The largest absolute Gasteiger partial charge is 0.488 e. The number of hydrogen-bond donors (Lipinski definition) is 2. The summed E-state index contributed by atoms with van der Waals surface area (Å²) in [7, 11) is -1.54. The van der Waals surface area contributed by atoms with Crippen LogP contribution >= 0.6 is 0 Å². The third-order valence-corrected chi connectivity index (χ3v) is 3.63. The Kier molecular flexibility index (Phi) is 5.24. The maximum absolute atomic E-state index is 12.0. The van der Waals surface area contributed by atoms with Crippen molar-refractivity contribution in [2.45, 2.75) is 32.8 Å². The summed E-state index contributed by atoms with van der Waals surface area (Å²) in [5.74, 6) is -0.441. The van der Waals surface area contributed by atoms with Gasteiger partial charge in [0.05, 0.1) is 5.56 Å². The molecule has 0 amide bonds. The highest BCUT2D eigenvalue weighted by atomic mass is 16.5. The van der Waals surface area contributed by atoms with Gasteiger partial charge in [0.2, 0.25) is 0 Å². The molecule has 5 heteroatoms. The van der Waals surface area contributed by atoms with Crippen molar-refractivity contribution in [2.75, 3.05) is 0 Å². The lowest BCUT2D eigenvalue weighted by atomic mass is 9.80. The fourth-order valence-corrected chi connectivity index (χ4v) is 2.12. The van der Waals surface area contributed by atoms with Crippen molar-refractivity contribution < 1.29 is 19.6 Å². The topological polar surface area (TPSA) is 66.8 Å². The van der Waals surface area contributed by atoms with Crippen LogP contribution in [0, 0.1) is 0 Å². The predicted octanol–water partition coefficient (Wildman–Crippen LogP) is 2.02. The Labute approximate surface area is 136 Å². The Morgan fingerprint density at radius 2 is 1.57 bits per heavy atom. The van der Waals surface area contributed by atoms with Crippen molar-refractivity contribution in [2.24, 2.45) is 0 Å². The molecule has 2 aromatic carbocycles. The SMILES string of the molecule is CC(C)(C)c1ccc(COC(=O)c2ccc(B(O)O)cc2)cc1. The van der Waals surface area contributed by atoms with Crippen LogP contribution in [0.4, 0.5) is 0 Å². The predicted molar refractivity (Wildman–Crippen MR) is 90.5 cm³/mol. The number of carbonyl (C=O) groups excluding carboxylic acids is 1. The van der Waals surface area contributed by atoms with Gasteiger partial charge in [-0.25, -0.2) is 4.79 Å². The summed E-state index contributed by atoms with van der Waals surface area (Å²) in [6.45, 7) is 6.65. The Bertz CT molecular complexity index is 655. The monoisotopic (exact) mass is 312 g/mol. The molecular weight excluding hydrogens is 291 g/mol. The van der Waals surface area contributed by atoms with Crippen LogP contribution < -0.4 is 5.46 Å². The van der Waals surface area contributed by atoms with Gasteiger partial charge in [-0.2, -0.15) is 0 Å². The first-order valence-corrected chi connectivity index (χ1v) is 7.50. The van der Waals surface area contributed by atoms with E-state index in [9.17, 15) is 4.79 Å². The maximum atomic E-state index is 12.0. The van der Waals surface area contributed by atoms with Gasteiger partial charge in [0.1, 0.15) is 6.61 Å². The number of rotatable bonds is 4. The number of carbonyl (C=O) groups is 1. The zero-order valence-electron chi connectivity index (χ0n) is 13.6. The fraction of sp³-hybridized carbons (Fsp3) is 0.278. The van der Waals surface area contributed by atoms with E-state index in [1.165, 1.54) is 29.8 Å². The molecule has 0 aromatic heterocycles. The third kappa shape index (κ3) is 4.68. The van der Waals surface area contributed by atoms with Gasteiger partial charge in [-0.15, -0.1) is 0 Å². The summed E-state index contributed by atoms with van der Waals surface area (Å²) < 4.78 is 5.28. The Morgan fingerprint density at radius 1 is 1.00 bits per heavy atom. The standard InChI is InChI=1S/C18H21BO4/c1-18(2,3)15-8-4-13(5-9-15)12-23-17(20)14-6-10-16(11-7-14)19(21)22/h4-11,21-22H,12H2,1-3H3. The van der Waals surface area contributed by atoms with Crippen molar-refractivity contribution in [1.29, 1.82) is 0 Å². The van der Waals surface area contributed by atoms with Gasteiger partial charge in [-0.3, -0.25) is 0 Å². The lowest BCUT2D eigenvalue weighted by molar-refractivity contribution is 0.0472. The van der Waals surface area contributed by atoms with Gasteiger partial charge in [0.15, 0.2) is 0 Å². The number of benzene rings is 2. The lowest BCUT2D eigenvalue weighted by Crippen LogP contribution is -2.29. The number of ether oxygens (including phenoxy) is 1. The van der Waals surface area contributed by atoms with E-state index in [2.05, 4.69) is 20.8 Å². The Morgan fingerprint density at radius 3 is 2.04 bits per heavy atom. The molecule has 4 nitrogen and oxygen atoms in total. The molecule has 0 heterocycles. The third-order valence-electron chi connectivity index (χ3n) is 3.63. The van der Waals surface area contributed by atoms with E-state index in [1.807, 2.05) is 24.3 Å². The van der Waals surface area contributed by atoms with Crippen molar-refractivity contribution >= 4 is 18.6 Å². The molecule has 0 atom stereocenters. The van der Waals surface area contributed by atoms with Crippen LogP contribution in [0.25, 0.3) is 0 Å². The van der Waals surface area contributed by atoms with Gasteiger partial charge in [0.25, 0.3) is 0 Å². The summed E-state index contributed by atoms with van der Waals surface area (Å²) >= 11 is 0. The number of esters is 1. The highest BCUT2D eigenvalue weighted by Crippen LogP contribution is 2.22. The highest BCUT2D eigenvalue weighted by molar-refractivity contribution is 6.58. The minimum Gasteiger partial charge on any atom is -0.457 e. The second kappa shape index (κ2) is 6.98. The second-order valence-corrected chi connectivity index (χ2v) is 6.52. The minimum atomic E-state index is -1.54. The van der Waals surface area contributed by atoms with E-state index in [0.29, 0.717) is 11.0 Å². The van der Waals surface area contributed by atoms with E-state index in [4.69, 9.17) is 14.8 Å². The quantitative estimate of drug-likeness (QED) is 0.669. The average Bonchev–Trinajstić information content (AvgIpc) is 2.52. The molecule has 0 spiro atoms. The van der Waals surface area contributed by atoms with Gasteiger partial charge >= 0.3 is 13.1 Å². The van der Waals surface area contributed by atoms with Gasteiger partial charge in [-0.1, -0.05) is 57.2 Å². The van der Waals surface area contributed by atoms with Crippen LogP contribution in [0.15, 0.2) is 48.5 Å². The molecule has 0 saturated carbocycles. The molecule has 0 bridgehead atoms. The first-order valence-electron chi connectivity index (χ1n) is 7.50. The Balaban J connectivity index is 1.96. The van der Waals surface area contributed by atoms with E-state index >= 15 is 0 Å². The molecule has 0 fully saturated rings. The normalized spacial score (nSPS) is 11.2. The van der Waals surface area contributed by atoms with E-state index in [1.54, 1.807) is 0 Å². The molecule has 0 aliphatic carbocycles. The van der Waals surface area contributed by atoms with E-state index in [0.717, 1.165) is 5.56 Å². The summed E-state index contributed by atoms with van der Waals surface area (Å²) in [6.07, 6.45) is 0. The molecule has 2 N–H and O–H groups in total. The molecule has 2 rings (SSSR count). The van der Waals surface area contributed by atoms with Crippen LogP contribution in [0.1, 0.15) is 42.3 Å². The van der Waals surface area contributed by atoms with Crippen molar-refractivity contribution in [3.63, 3.8) is 0 Å². The van der Waals surface area contributed by atoms with Crippen LogP contribution in [0.2, 0.25) is 0 Å². The van der Waals surface area contributed by atoms with Gasteiger partial charge in [-0.05, 0) is 34.1 Å². The van der Waals surface area contributed by atoms with Crippen LogP contribution in [0.3, 0.4) is 0 Å². The maximum Gasteiger partial charge on any atom is 0.488 e.